The summed E-state index contributed by atoms with van der Waals surface area (Å²) in [5.41, 5.74) is 1.71. The van der Waals surface area contributed by atoms with Gasteiger partial charge in [-0.1, -0.05) is 48.5 Å². The zero-order valence-corrected chi connectivity index (χ0v) is 11.0. The van der Waals surface area contributed by atoms with Crippen LogP contribution in [0.25, 0.3) is 0 Å². The van der Waals surface area contributed by atoms with E-state index in [1.54, 1.807) is 0 Å². The third-order valence-electron chi connectivity index (χ3n) is 4.03. The highest BCUT2D eigenvalue weighted by atomic mass is 16.2. The number of rotatable bonds is 2. The summed E-state index contributed by atoms with van der Waals surface area (Å²) in [5, 5.41) is 0. The molecular formula is C17H17NO. The molecule has 1 aliphatic rings. The number of hydrogen-bond acceptors (Lipinski definition) is 1. The number of anilines is 1. The molecule has 1 amide bonds. The molecule has 1 saturated heterocycles. The molecule has 0 bridgehead atoms. The Morgan fingerprint density at radius 1 is 0.947 bits per heavy atom. The summed E-state index contributed by atoms with van der Waals surface area (Å²) in [4.78, 5) is 14.6. The van der Waals surface area contributed by atoms with Crippen molar-refractivity contribution in [3.63, 3.8) is 0 Å². The SMILES string of the molecule is CC1(c2ccccc2)CCN(c2ccccc2)C1=O. The van der Waals surface area contributed by atoms with E-state index in [0.29, 0.717) is 0 Å². The minimum atomic E-state index is -0.392. The average Bonchev–Trinajstić information content (AvgIpc) is 2.78. The van der Waals surface area contributed by atoms with Gasteiger partial charge in [0.1, 0.15) is 0 Å². The molecule has 0 N–H and O–H groups in total. The molecule has 2 aromatic rings. The van der Waals surface area contributed by atoms with Crippen LogP contribution in [0.2, 0.25) is 0 Å². The molecule has 1 unspecified atom stereocenters. The molecule has 0 saturated carbocycles. The van der Waals surface area contributed by atoms with Crippen molar-refractivity contribution in [1.29, 1.82) is 0 Å². The molecule has 96 valence electrons. The van der Waals surface area contributed by atoms with Crippen molar-refractivity contribution >= 4 is 11.6 Å². The third kappa shape index (κ3) is 1.93. The van der Waals surface area contributed by atoms with E-state index in [1.165, 1.54) is 0 Å². The normalized spacial score (nSPS) is 22.8. The van der Waals surface area contributed by atoms with Crippen molar-refractivity contribution < 1.29 is 4.79 Å². The number of para-hydroxylation sites is 1. The predicted octanol–water partition coefficient (Wildman–Crippen LogP) is 3.38. The first-order valence-electron chi connectivity index (χ1n) is 6.64. The van der Waals surface area contributed by atoms with E-state index in [0.717, 1.165) is 24.2 Å². The van der Waals surface area contributed by atoms with Gasteiger partial charge >= 0.3 is 0 Å². The third-order valence-corrected chi connectivity index (χ3v) is 4.03. The van der Waals surface area contributed by atoms with E-state index in [-0.39, 0.29) is 5.91 Å². The van der Waals surface area contributed by atoms with Crippen LogP contribution in [0.15, 0.2) is 60.7 Å². The standard InChI is InChI=1S/C17H17NO/c1-17(14-8-4-2-5-9-14)12-13-18(16(17)19)15-10-6-3-7-11-15/h2-11H,12-13H2,1H3. The average molecular weight is 251 g/mol. The van der Waals surface area contributed by atoms with Gasteiger partial charge in [0.2, 0.25) is 5.91 Å². The van der Waals surface area contributed by atoms with Crippen LogP contribution in [0.4, 0.5) is 5.69 Å². The molecule has 0 aromatic heterocycles. The lowest BCUT2D eigenvalue weighted by atomic mass is 9.81. The topological polar surface area (TPSA) is 20.3 Å². The summed E-state index contributed by atoms with van der Waals surface area (Å²) >= 11 is 0. The van der Waals surface area contributed by atoms with Gasteiger partial charge in [0.15, 0.2) is 0 Å². The van der Waals surface area contributed by atoms with Crippen molar-refractivity contribution in [3.8, 4) is 0 Å². The van der Waals surface area contributed by atoms with Crippen LogP contribution >= 0.6 is 0 Å². The quantitative estimate of drug-likeness (QED) is 0.801. The second-order valence-corrected chi connectivity index (χ2v) is 5.24. The zero-order chi connectivity index (χ0) is 13.3. The maximum absolute atomic E-state index is 12.8. The first-order valence-corrected chi connectivity index (χ1v) is 6.64. The van der Waals surface area contributed by atoms with Crippen molar-refractivity contribution in [1.82, 2.24) is 0 Å². The summed E-state index contributed by atoms with van der Waals surface area (Å²) < 4.78 is 0. The summed E-state index contributed by atoms with van der Waals surface area (Å²) in [6.07, 6.45) is 0.866. The van der Waals surface area contributed by atoms with E-state index < -0.39 is 5.41 Å². The van der Waals surface area contributed by atoms with Gasteiger partial charge in [-0.3, -0.25) is 4.79 Å². The van der Waals surface area contributed by atoms with Crippen molar-refractivity contribution in [2.75, 3.05) is 11.4 Å². The van der Waals surface area contributed by atoms with Gasteiger partial charge in [-0.25, -0.2) is 0 Å². The van der Waals surface area contributed by atoms with Gasteiger partial charge in [-0.2, -0.15) is 0 Å². The van der Waals surface area contributed by atoms with E-state index >= 15 is 0 Å². The van der Waals surface area contributed by atoms with Gasteiger partial charge in [0.05, 0.1) is 5.41 Å². The van der Waals surface area contributed by atoms with Crippen LogP contribution in [0.5, 0.6) is 0 Å². The fraction of sp³-hybridized carbons (Fsp3) is 0.235. The molecular weight excluding hydrogens is 234 g/mol. The van der Waals surface area contributed by atoms with Crippen LogP contribution in [-0.2, 0) is 10.2 Å². The highest BCUT2D eigenvalue weighted by Crippen LogP contribution is 2.37. The van der Waals surface area contributed by atoms with Crippen molar-refractivity contribution in [2.45, 2.75) is 18.8 Å². The Morgan fingerprint density at radius 2 is 1.53 bits per heavy atom. The van der Waals surface area contributed by atoms with Gasteiger partial charge in [-0.15, -0.1) is 0 Å². The van der Waals surface area contributed by atoms with Crippen LogP contribution in [0.3, 0.4) is 0 Å². The lowest BCUT2D eigenvalue weighted by molar-refractivity contribution is -0.121. The molecule has 0 radical (unpaired) electrons. The largest absolute Gasteiger partial charge is 0.312 e. The molecule has 0 spiro atoms. The minimum Gasteiger partial charge on any atom is -0.312 e. The summed E-state index contributed by atoms with van der Waals surface area (Å²) in [5.74, 6) is 0.199. The molecule has 3 rings (SSSR count). The maximum Gasteiger partial charge on any atom is 0.237 e. The Hall–Kier alpha value is -2.09. The van der Waals surface area contributed by atoms with Gasteiger partial charge < -0.3 is 4.90 Å². The van der Waals surface area contributed by atoms with Gasteiger partial charge in [0, 0.05) is 12.2 Å². The molecule has 19 heavy (non-hydrogen) atoms. The fourth-order valence-electron chi connectivity index (χ4n) is 2.77. The zero-order valence-electron chi connectivity index (χ0n) is 11.0. The van der Waals surface area contributed by atoms with E-state index in [4.69, 9.17) is 0 Å². The number of amides is 1. The van der Waals surface area contributed by atoms with Gasteiger partial charge in [0.25, 0.3) is 0 Å². The Morgan fingerprint density at radius 3 is 2.16 bits per heavy atom. The lowest BCUT2D eigenvalue weighted by Gasteiger charge is -2.24. The first-order chi connectivity index (χ1) is 9.22. The Bertz CT molecular complexity index is 579. The number of carbonyl (C=O) groups excluding carboxylic acids is 1. The lowest BCUT2D eigenvalue weighted by Crippen LogP contribution is -2.35. The molecule has 2 aromatic carbocycles. The number of carbonyl (C=O) groups is 1. The molecule has 1 atom stereocenters. The Kier molecular flexibility index (Phi) is 2.86. The molecule has 2 nitrogen and oxygen atoms in total. The Balaban J connectivity index is 1.95. The number of nitrogens with zero attached hydrogens (tertiary/aromatic N) is 1. The van der Waals surface area contributed by atoms with Crippen LogP contribution in [0, 0.1) is 0 Å². The smallest absolute Gasteiger partial charge is 0.237 e. The summed E-state index contributed by atoms with van der Waals surface area (Å²) in [6, 6.07) is 20.0. The van der Waals surface area contributed by atoms with Crippen molar-refractivity contribution in [3.05, 3.63) is 66.2 Å². The molecule has 1 fully saturated rings. The summed E-state index contributed by atoms with van der Waals surface area (Å²) in [7, 11) is 0. The first kappa shape index (κ1) is 12.0. The number of benzene rings is 2. The van der Waals surface area contributed by atoms with Crippen molar-refractivity contribution in [2.24, 2.45) is 0 Å². The van der Waals surface area contributed by atoms with E-state index in [2.05, 4.69) is 0 Å². The van der Waals surface area contributed by atoms with E-state index in [1.807, 2.05) is 72.5 Å². The number of hydrogen-bond donors (Lipinski definition) is 0. The maximum atomic E-state index is 12.8. The van der Waals surface area contributed by atoms with Crippen LogP contribution in [-0.4, -0.2) is 12.5 Å². The second kappa shape index (κ2) is 4.54. The minimum absolute atomic E-state index is 0.199. The predicted molar refractivity (Wildman–Crippen MR) is 77.2 cm³/mol. The highest BCUT2D eigenvalue weighted by Gasteiger charge is 2.44. The van der Waals surface area contributed by atoms with E-state index in [9.17, 15) is 4.79 Å². The molecule has 1 heterocycles. The van der Waals surface area contributed by atoms with Crippen LogP contribution < -0.4 is 4.90 Å². The Labute approximate surface area is 113 Å². The van der Waals surface area contributed by atoms with Crippen LogP contribution in [0.1, 0.15) is 18.9 Å². The summed E-state index contributed by atoms with van der Waals surface area (Å²) in [6.45, 7) is 2.84. The monoisotopic (exact) mass is 251 g/mol. The molecule has 2 heteroatoms. The highest BCUT2D eigenvalue weighted by molar-refractivity contribution is 6.03. The second-order valence-electron chi connectivity index (χ2n) is 5.24. The van der Waals surface area contributed by atoms with Gasteiger partial charge in [-0.05, 0) is 31.0 Å². The molecule has 1 aliphatic heterocycles. The molecule has 0 aliphatic carbocycles. The fourth-order valence-corrected chi connectivity index (χ4v) is 2.77.